The van der Waals surface area contributed by atoms with Gasteiger partial charge in [0, 0.05) is 48.9 Å². The summed E-state index contributed by atoms with van der Waals surface area (Å²) in [6, 6.07) is 9.91. The monoisotopic (exact) mass is 348 g/mol. The zero-order valence-corrected chi connectivity index (χ0v) is 14.3. The lowest BCUT2D eigenvalue weighted by atomic mass is 10.2. The summed E-state index contributed by atoms with van der Waals surface area (Å²) in [6.07, 6.45) is 2.37. The maximum Gasteiger partial charge on any atom is 0.135 e. The summed E-state index contributed by atoms with van der Waals surface area (Å²) < 4.78 is 0. The Morgan fingerprint density at radius 2 is 1.52 bits per heavy atom. The maximum atomic E-state index is 6.18. The first-order valence-corrected chi connectivity index (χ1v) is 8.74. The van der Waals surface area contributed by atoms with E-state index in [1.165, 1.54) is 18.5 Å². The fourth-order valence-electron chi connectivity index (χ4n) is 2.95. The van der Waals surface area contributed by atoms with Gasteiger partial charge in [-0.2, -0.15) is 0 Å². The zero-order chi connectivity index (χ0) is 15.8. The van der Waals surface area contributed by atoms with Gasteiger partial charge in [-0.1, -0.05) is 23.2 Å². The average molecular weight is 349 g/mol. The van der Waals surface area contributed by atoms with E-state index in [0.29, 0.717) is 11.1 Å². The Morgan fingerprint density at radius 1 is 0.870 bits per heavy atom. The summed E-state index contributed by atoms with van der Waals surface area (Å²) in [5.41, 5.74) is 1.22. The lowest BCUT2D eigenvalue weighted by molar-refractivity contribution is 0.644. The molecular formula is C17H18Cl2N4. The van der Waals surface area contributed by atoms with Gasteiger partial charge in [0.25, 0.3) is 0 Å². The molecule has 2 heterocycles. The fourth-order valence-corrected chi connectivity index (χ4v) is 3.26. The Bertz CT molecular complexity index is 692. The standard InChI is InChI=1S/C17H18Cl2N4/c18-13-3-5-14(6-4-13)22-7-9-23(10-8-22)16-11-15(19)20-17(21-16)12-1-2-12/h3-6,11-12H,1-2,7-10H2. The van der Waals surface area contributed by atoms with Crippen molar-refractivity contribution in [3.8, 4) is 0 Å². The van der Waals surface area contributed by atoms with Gasteiger partial charge in [0.15, 0.2) is 0 Å². The Labute approximate surface area is 146 Å². The smallest absolute Gasteiger partial charge is 0.135 e. The molecule has 1 aromatic carbocycles. The molecule has 0 radical (unpaired) electrons. The average Bonchev–Trinajstić information content (AvgIpc) is 3.40. The van der Waals surface area contributed by atoms with Crippen molar-refractivity contribution in [1.29, 1.82) is 0 Å². The van der Waals surface area contributed by atoms with Gasteiger partial charge in [-0.15, -0.1) is 0 Å². The van der Waals surface area contributed by atoms with E-state index in [1.54, 1.807) is 0 Å². The molecule has 1 saturated heterocycles. The molecule has 4 nitrogen and oxygen atoms in total. The van der Waals surface area contributed by atoms with Crippen LogP contribution in [-0.2, 0) is 0 Å². The summed E-state index contributed by atoms with van der Waals surface area (Å²) >= 11 is 12.1. The van der Waals surface area contributed by atoms with Crippen molar-refractivity contribution in [3.05, 3.63) is 46.3 Å². The Morgan fingerprint density at radius 3 is 2.17 bits per heavy atom. The molecule has 2 aliphatic rings. The van der Waals surface area contributed by atoms with Gasteiger partial charge in [-0.25, -0.2) is 9.97 Å². The van der Waals surface area contributed by atoms with Crippen LogP contribution in [0.5, 0.6) is 0 Å². The van der Waals surface area contributed by atoms with E-state index in [-0.39, 0.29) is 0 Å². The van der Waals surface area contributed by atoms with Crippen LogP contribution in [0.3, 0.4) is 0 Å². The number of anilines is 2. The van der Waals surface area contributed by atoms with E-state index in [9.17, 15) is 0 Å². The zero-order valence-electron chi connectivity index (χ0n) is 12.8. The summed E-state index contributed by atoms with van der Waals surface area (Å²) in [4.78, 5) is 13.8. The molecule has 120 valence electrons. The molecule has 1 saturated carbocycles. The van der Waals surface area contributed by atoms with Crippen molar-refractivity contribution in [2.45, 2.75) is 18.8 Å². The summed E-state index contributed by atoms with van der Waals surface area (Å²) in [6.45, 7) is 3.78. The third-order valence-corrected chi connectivity index (χ3v) is 4.88. The molecule has 1 aromatic heterocycles. The minimum atomic E-state index is 0.516. The second-order valence-electron chi connectivity index (χ2n) is 6.13. The molecular weight excluding hydrogens is 331 g/mol. The largest absolute Gasteiger partial charge is 0.368 e. The van der Waals surface area contributed by atoms with Crippen molar-refractivity contribution >= 4 is 34.7 Å². The number of nitrogens with zero attached hydrogens (tertiary/aromatic N) is 4. The molecule has 0 N–H and O–H groups in total. The number of hydrogen-bond acceptors (Lipinski definition) is 4. The van der Waals surface area contributed by atoms with Crippen LogP contribution in [0.1, 0.15) is 24.6 Å². The molecule has 4 rings (SSSR count). The van der Waals surface area contributed by atoms with E-state index in [0.717, 1.165) is 42.8 Å². The molecule has 6 heteroatoms. The van der Waals surface area contributed by atoms with Crippen LogP contribution in [-0.4, -0.2) is 36.1 Å². The molecule has 2 fully saturated rings. The number of piperazine rings is 1. The normalized spacial score (nSPS) is 18.3. The highest BCUT2D eigenvalue weighted by Crippen LogP contribution is 2.39. The second-order valence-corrected chi connectivity index (χ2v) is 6.96. The quantitative estimate of drug-likeness (QED) is 0.785. The van der Waals surface area contributed by atoms with Crippen molar-refractivity contribution in [1.82, 2.24) is 9.97 Å². The number of rotatable bonds is 3. The summed E-state index contributed by atoms with van der Waals surface area (Å²) in [7, 11) is 0. The van der Waals surface area contributed by atoms with E-state index in [1.807, 2.05) is 18.2 Å². The van der Waals surface area contributed by atoms with Crippen LogP contribution < -0.4 is 9.80 Å². The highest BCUT2D eigenvalue weighted by Gasteiger charge is 2.28. The van der Waals surface area contributed by atoms with Crippen LogP contribution in [0.25, 0.3) is 0 Å². The van der Waals surface area contributed by atoms with E-state index >= 15 is 0 Å². The number of benzene rings is 1. The van der Waals surface area contributed by atoms with Gasteiger partial charge in [0.2, 0.25) is 0 Å². The second kappa shape index (κ2) is 6.17. The topological polar surface area (TPSA) is 32.3 Å². The van der Waals surface area contributed by atoms with Crippen molar-refractivity contribution in [2.24, 2.45) is 0 Å². The highest BCUT2D eigenvalue weighted by molar-refractivity contribution is 6.30. The summed E-state index contributed by atoms with van der Waals surface area (Å²) in [5, 5.41) is 1.33. The maximum absolute atomic E-state index is 6.18. The molecule has 1 aliphatic carbocycles. The fraction of sp³-hybridized carbons (Fsp3) is 0.412. The number of aromatic nitrogens is 2. The van der Waals surface area contributed by atoms with Gasteiger partial charge in [0.05, 0.1) is 0 Å². The third-order valence-electron chi connectivity index (χ3n) is 4.44. The van der Waals surface area contributed by atoms with E-state index in [4.69, 9.17) is 28.2 Å². The van der Waals surface area contributed by atoms with Crippen molar-refractivity contribution in [3.63, 3.8) is 0 Å². The first-order chi connectivity index (χ1) is 11.2. The Balaban J connectivity index is 1.46. The molecule has 0 spiro atoms. The lowest BCUT2D eigenvalue weighted by Gasteiger charge is -2.36. The molecule has 2 aromatic rings. The van der Waals surface area contributed by atoms with Gasteiger partial charge >= 0.3 is 0 Å². The van der Waals surface area contributed by atoms with Crippen molar-refractivity contribution in [2.75, 3.05) is 36.0 Å². The van der Waals surface area contributed by atoms with Gasteiger partial charge in [-0.3, -0.25) is 0 Å². The Hall–Kier alpha value is -1.52. The van der Waals surface area contributed by atoms with Gasteiger partial charge < -0.3 is 9.80 Å². The third kappa shape index (κ3) is 3.38. The highest BCUT2D eigenvalue weighted by atomic mass is 35.5. The molecule has 1 aliphatic heterocycles. The predicted molar refractivity (Wildman–Crippen MR) is 94.9 cm³/mol. The van der Waals surface area contributed by atoms with Crippen LogP contribution >= 0.6 is 23.2 Å². The minimum absolute atomic E-state index is 0.516. The van der Waals surface area contributed by atoms with Crippen LogP contribution in [0, 0.1) is 0 Å². The minimum Gasteiger partial charge on any atom is -0.368 e. The first kappa shape index (κ1) is 15.0. The molecule has 0 bridgehead atoms. The van der Waals surface area contributed by atoms with E-state index < -0.39 is 0 Å². The van der Waals surface area contributed by atoms with Crippen LogP contribution in [0.15, 0.2) is 30.3 Å². The van der Waals surface area contributed by atoms with E-state index in [2.05, 4.69) is 26.9 Å². The molecule has 0 atom stereocenters. The van der Waals surface area contributed by atoms with Crippen LogP contribution in [0.4, 0.5) is 11.5 Å². The summed E-state index contributed by atoms with van der Waals surface area (Å²) in [5.74, 6) is 2.39. The van der Waals surface area contributed by atoms with Gasteiger partial charge in [-0.05, 0) is 37.1 Å². The predicted octanol–water partition coefficient (Wildman–Crippen LogP) is 3.99. The van der Waals surface area contributed by atoms with Crippen LogP contribution in [0.2, 0.25) is 10.2 Å². The molecule has 23 heavy (non-hydrogen) atoms. The first-order valence-electron chi connectivity index (χ1n) is 7.99. The van der Waals surface area contributed by atoms with Crippen molar-refractivity contribution < 1.29 is 0 Å². The lowest BCUT2D eigenvalue weighted by Crippen LogP contribution is -2.46. The SMILES string of the molecule is Clc1ccc(N2CCN(c3cc(Cl)nc(C4CC4)n3)CC2)cc1. The molecule has 0 unspecified atom stereocenters. The number of halogens is 2. The Kier molecular flexibility index (Phi) is 4.04. The number of hydrogen-bond donors (Lipinski definition) is 0. The van der Waals surface area contributed by atoms with Gasteiger partial charge in [0.1, 0.15) is 16.8 Å². The molecule has 0 amide bonds.